The van der Waals surface area contributed by atoms with Gasteiger partial charge in [0.1, 0.15) is 0 Å². The maximum atomic E-state index is 5.97. The summed E-state index contributed by atoms with van der Waals surface area (Å²) < 4.78 is 0. The summed E-state index contributed by atoms with van der Waals surface area (Å²) in [6.07, 6.45) is 2.90. The van der Waals surface area contributed by atoms with E-state index in [-0.39, 0.29) is 0 Å². The summed E-state index contributed by atoms with van der Waals surface area (Å²) in [6.45, 7) is 7.88. The number of benzene rings is 1. The van der Waals surface area contributed by atoms with Crippen LogP contribution >= 0.6 is 11.6 Å². The van der Waals surface area contributed by atoms with E-state index in [0.29, 0.717) is 0 Å². The SMILES string of the molecule is CN=C(NCCc1ccc(C)nc1)N1CCN(Cc2ccc(Cl)cc2)CC1. The second-order valence-corrected chi connectivity index (χ2v) is 7.36. The van der Waals surface area contributed by atoms with Gasteiger partial charge in [-0.2, -0.15) is 0 Å². The molecule has 3 rings (SSSR count). The van der Waals surface area contributed by atoms with Crippen molar-refractivity contribution in [1.29, 1.82) is 0 Å². The van der Waals surface area contributed by atoms with Crippen LogP contribution in [0.2, 0.25) is 5.02 Å². The molecule has 27 heavy (non-hydrogen) atoms. The highest BCUT2D eigenvalue weighted by atomic mass is 35.5. The van der Waals surface area contributed by atoms with Crippen molar-refractivity contribution in [2.75, 3.05) is 39.8 Å². The molecule has 2 heterocycles. The van der Waals surface area contributed by atoms with Crippen LogP contribution in [0, 0.1) is 6.92 Å². The van der Waals surface area contributed by atoms with Crippen molar-refractivity contribution in [3.63, 3.8) is 0 Å². The van der Waals surface area contributed by atoms with E-state index in [1.165, 1.54) is 11.1 Å². The molecule has 1 aromatic heterocycles. The summed E-state index contributed by atoms with van der Waals surface area (Å²) in [5, 5.41) is 4.28. The van der Waals surface area contributed by atoms with Crippen LogP contribution in [0.1, 0.15) is 16.8 Å². The molecule has 1 aliphatic heterocycles. The number of nitrogens with one attached hydrogen (secondary N) is 1. The van der Waals surface area contributed by atoms with Crippen LogP contribution in [-0.2, 0) is 13.0 Å². The highest BCUT2D eigenvalue weighted by Gasteiger charge is 2.19. The Morgan fingerprint density at radius 3 is 2.41 bits per heavy atom. The van der Waals surface area contributed by atoms with Crippen molar-refractivity contribution in [2.45, 2.75) is 19.9 Å². The molecule has 6 heteroatoms. The van der Waals surface area contributed by atoms with Crippen LogP contribution < -0.4 is 5.32 Å². The Hall–Kier alpha value is -2.11. The second kappa shape index (κ2) is 9.72. The smallest absolute Gasteiger partial charge is 0.193 e. The lowest BCUT2D eigenvalue weighted by atomic mass is 10.2. The summed E-state index contributed by atoms with van der Waals surface area (Å²) in [5.41, 5.74) is 3.61. The Labute approximate surface area is 167 Å². The largest absolute Gasteiger partial charge is 0.356 e. The first-order chi connectivity index (χ1) is 13.1. The van der Waals surface area contributed by atoms with E-state index in [2.05, 4.69) is 49.4 Å². The number of hydrogen-bond donors (Lipinski definition) is 1. The fraction of sp³-hybridized carbons (Fsp3) is 0.429. The molecule has 0 atom stereocenters. The Morgan fingerprint density at radius 1 is 1.07 bits per heavy atom. The van der Waals surface area contributed by atoms with Crippen LogP contribution in [0.5, 0.6) is 0 Å². The van der Waals surface area contributed by atoms with Crippen LogP contribution in [0.4, 0.5) is 0 Å². The minimum atomic E-state index is 0.792. The van der Waals surface area contributed by atoms with E-state index < -0.39 is 0 Å². The van der Waals surface area contributed by atoms with Gasteiger partial charge in [0.2, 0.25) is 0 Å². The number of aromatic nitrogens is 1. The first kappa shape index (κ1) is 19.6. The van der Waals surface area contributed by atoms with Crippen molar-refractivity contribution in [2.24, 2.45) is 4.99 Å². The van der Waals surface area contributed by atoms with E-state index >= 15 is 0 Å². The highest BCUT2D eigenvalue weighted by molar-refractivity contribution is 6.30. The third-order valence-electron chi connectivity index (χ3n) is 4.87. The maximum Gasteiger partial charge on any atom is 0.193 e. The molecule has 1 aliphatic rings. The van der Waals surface area contributed by atoms with Gasteiger partial charge in [0.25, 0.3) is 0 Å². The Kier molecular flexibility index (Phi) is 7.07. The monoisotopic (exact) mass is 385 g/mol. The predicted octanol–water partition coefficient (Wildman–Crippen LogP) is 2.98. The van der Waals surface area contributed by atoms with Crippen molar-refractivity contribution < 1.29 is 0 Å². The number of aliphatic imine (C=N–C) groups is 1. The molecule has 0 amide bonds. The predicted molar refractivity (Wildman–Crippen MR) is 112 cm³/mol. The standard InChI is InChI=1S/C21H28ClN5/c1-17-3-4-18(15-25-17)9-10-24-21(23-2)27-13-11-26(12-14-27)16-19-5-7-20(22)8-6-19/h3-8,15H,9-14,16H2,1-2H3,(H,23,24). The van der Waals surface area contributed by atoms with Crippen LogP contribution in [0.15, 0.2) is 47.6 Å². The minimum absolute atomic E-state index is 0.792. The summed E-state index contributed by atoms with van der Waals surface area (Å²) in [7, 11) is 1.86. The molecule has 5 nitrogen and oxygen atoms in total. The van der Waals surface area contributed by atoms with Crippen molar-refractivity contribution >= 4 is 17.6 Å². The zero-order chi connectivity index (χ0) is 19.1. The summed E-state index contributed by atoms with van der Waals surface area (Å²) in [4.78, 5) is 13.6. The van der Waals surface area contributed by atoms with Gasteiger partial charge < -0.3 is 10.2 Å². The molecule has 1 saturated heterocycles. The van der Waals surface area contributed by atoms with Gasteiger partial charge in [-0.25, -0.2) is 0 Å². The van der Waals surface area contributed by atoms with Gasteiger partial charge in [-0.3, -0.25) is 14.9 Å². The Bertz CT molecular complexity index is 734. The molecule has 0 spiro atoms. The van der Waals surface area contributed by atoms with Gasteiger partial charge in [-0.15, -0.1) is 0 Å². The first-order valence-electron chi connectivity index (χ1n) is 9.48. The lowest BCUT2D eigenvalue weighted by Crippen LogP contribution is -2.52. The molecule has 1 fully saturated rings. The minimum Gasteiger partial charge on any atom is -0.356 e. The van der Waals surface area contributed by atoms with Gasteiger partial charge in [0.05, 0.1) is 0 Å². The summed E-state index contributed by atoms with van der Waals surface area (Å²) in [5.74, 6) is 0.987. The number of guanidine groups is 1. The lowest BCUT2D eigenvalue weighted by molar-refractivity contribution is 0.172. The van der Waals surface area contributed by atoms with Crippen LogP contribution in [0.25, 0.3) is 0 Å². The van der Waals surface area contributed by atoms with Gasteiger partial charge in [-0.1, -0.05) is 29.8 Å². The average Bonchev–Trinajstić information content (AvgIpc) is 2.69. The lowest BCUT2D eigenvalue weighted by Gasteiger charge is -2.36. The molecule has 144 valence electrons. The maximum absolute atomic E-state index is 5.97. The molecule has 0 bridgehead atoms. The van der Waals surface area contributed by atoms with E-state index in [0.717, 1.165) is 62.4 Å². The number of nitrogens with zero attached hydrogens (tertiary/aromatic N) is 4. The molecule has 0 radical (unpaired) electrons. The molecule has 0 unspecified atom stereocenters. The highest BCUT2D eigenvalue weighted by Crippen LogP contribution is 2.13. The molecule has 1 N–H and O–H groups in total. The fourth-order valence-electron chi connectivity index (χ4n) is 3.26. The van der Waals surface area contributed by atoms with Gasteiger partial charge in [0.15, 0.2) is 5.96 Å². The number of piperazine rings is 1. The van der Waals surface area contributed by atoms with Crippen LogP contribution in [-0.4, -0.2) is 60.5 Å². The molecule has 0 saturated carbocycles. The topological polar surface area (TPSA) is 43.8 Å². The zero-order valence-electron chi connectivity index (χ0n) is 16.2. The van der Waals surface area contributed by atoms with Gasteiger partial charge in [0, 0.05) is 63.2 Å². The average molecular weight is 386 g/mol. The van der Waals surface area contributed by atoms with E-state index in [1.807, 2.05) is 32.3 Å². The Morgan fingerprint density at radius 2 is 1.78 bits per heavy atom. The van der Waals surface area contributed by atoms with Crippen LogP contribution in [0.3, 0.4) is 0 Å². The molecule has 0 aliphatic carbocycles. The third kappa shape index (κ3) is 5.94. The number of rotatable bonds is 5. The number of halogens is 1. The fourth-order valence-corrected chi connectivity index (χ4v) is 3.39. The molecule has 1 aromatic carbocycles. The van der Waals surface area contributed by atoms with Crippen molar-refractivity contribution in [3.05, 3.63) is 64.4 Å². The van der Waals surface area contributed by atoms with E-state index in [9.17, 15) is 0 Å². The van der Waals surface area contributed by atoms with E-state index in [1.54, 1.807) is 0 Å². The van der Waals surface area contributed by atoms with E-state index in [4.69, 9.17) is 11.6 Å². The normalized spacial score (nSPS) is 15.8. The second-order valence-electron chi connectivity index (χ2n) is 6.92. The van der Waals surface area contributed by atoms with Crippen molar-refractivity contribution in [1.82, 2.24) is 20.1 Å². The molecule has 2 aromatic rings. The molecular weight excluding hydrogens is 358 g/mol. The summed E-state index contributed by atoms with van der Waals surface area (Å²) in [6, 6.07) is 12.3. The number of hydrogen-bond acceptors (Lipinski definition) is 3. The summed E-state index contributed by atoms with van der Waals surface area (Å²) >= 11 is 5.97. The quantitative estimate of drug-likeness (QED) is 0.634. The third-order valence-corrected chi connectivity index (χ3v) is 5.12. The molecular formula is C21H28ClN5. The number of pyridine rings is 1. The zero-order valence-corrected chi connectivity index (χ0v) is 16.9. The Balaban J connectivity index is 1.42. The van der Waals surface area contributed by atoms with Crippen molar-refractivity contribution in [3.8, 4) is 0 Å². The van der Waals surface area contributed by atoms with Gasteiger partial charge in [-0.05, 0) is 42.7 Å². The number of aryl methyl sites for hydroxylation is 1. The van der Waals surface area contributed by atoms with Gasteiger partial charge >= 0.3 is 0 Å². The first-order valence-corrected chi connectivity index (χ1v) is 9.86.